The number of ether oxygens (including phenoxy) is 1. The number of carbonyl (C=O) groups excluding carboxylic acids is 1. The second-order valence-electron chi connectivity index (χ2n) is 3.25. The Morgan fingerprint density at radius 1 is 1.59 bits per heavy atom. The van der Waals surface area contributed by atoms with E-state index in [9.17, 15) is 9.18 Å². The zero-order chi connectivity index (χ0) is 12.8. The number of halogens is 1. The second-order valence-corrected chi connectivity index (χ2v) is 3.69. The fourth-order valence-corrected chi connectivity index (χ4v) is 1.44. The fourth-order valence-electron chi connectivity index (χ4n) is 1.24. The van der Waals surface area contributed by atoms with Crippen molar-refractivity contribution < 1.29 is 13.9 Å². The lowest BCUT2D eigenvalue weighted by molar-refractivity contribution is -0.121. The van der Waals surface area contributed by atoms with E-state index in [1.54, 1.807) is 6.07 Å². The molecule has 0 spiro atoms. The van der Waals surface area contributed by atoms with Gasteiger partial charge in [0.1, 0.15) is 16.6 Å². The molecule has 0 radical (unpaired) electrons. The summed E-state index contributed by atoms with van der Waals surface area (Å²) in [5, 5.41) is 2.46. The monoisotopic (exact) mass is 256 g/mol. The summed E-state index contributed by atoms with van der Waals surface area (Å²) in [6, 6.07) is 4.30. The molecule has 0 saturated carbocycles. The molecule has 1 rings (SSSR count). The van der Waals surface area contributed by atoms with Crippen molar-refractivity contribution in [1.29, 1.82) is 0 Å². The molecule has 0 saturated heterocycles. The zero-order valence-electron chi connectivity index (χ0n) is 9.33. The molecule has 0 aliphatic carbocycles. The average Bonchev–Trinajstić information content (AvgIpc) is 2.28. The van der Waals surface area contributed by atoms with Crippen LogP contribution in [-0.4, -0.2) is 24.6 Å². The van der Waals surface area contributed by atoms with Crippen LogP contribution in [0, 0.1) is 5.82 Å². The summed E-state index contributed by atoms with van der Waals surface area (Å²) in [4.78, 5) is 10.9. The summed E-state index contributed by atoms with van der Waals surface area (Å²) in [5.74, 6) is -0.436. The lowest BCUT2D eigenvalue weighted by Gasteiger charge is -2.10. The molecule has 6 heteroatoms. The van der Waals surface area contributed by atoms with Crippen LogP contribution in [0.2, 0.25) is 0 Å². The summed E-state index contributed by atoms with van der Waals surface area (Å²) in [6.07, 6.45) is 0.184. The quantitative estimate of drug-likeness (QED) is 0.771. The molecule has 0 fully saturated rings. The molecule has 0 bridgehead atoms. The van der Waals surface area contributed by atoms with Crippen LogP contribution in [0.5, 0.6) is 5.75 Å². The highest BCUT2D eigenvalue weighted by Gasteiger charge is 2.12. The van der Waals surface area contributed by atoms with E-state index >= 15 is 0 Å². The summed E-state index contributed by atoms with van der Waals surface area (Å²) in [5.41, 5.74) is 5.47. The molecule has 3 N–H and O–H groups in total. The maximum Gasteiger partial charge on any atom is 0.223 e. The predicted octanol–water partition coefficient (Wildman–Crippen LogP) is 0.975. The Morgan fingerprint density at radius 2 is 2.29 bits per heavy atom. The Labute approximate surface area is 104 Å². The third-order valence-electron chi connectivity index (χ3n) is 2.09. The minimum absolute atomic E-state index is 0.0689. The molecular weight excluding hydrogens is 243 g/mol. The van der Waals surface area contributed by atoms with Gasteiger partial charge in [-0.3, -0.25) is 4.79 Å². The number of carbonyl (C=O) groups is 1. The molecule has 1 amide bonds. The number of rotatable bonds is 5. The number of benzene rings is 1. The van der Waals surface area contributed by atoms with E-state index in [1.807, 2.05) is 0 Å². The Balaban J connectivity index is 2.74. The Bertz CT molecular complexity index is 437. The fraction of sp³-hybridized carbons (Fsp3) is 0.273. The highest BCUT2D eigenvalue weighted by Crippen LogP contribution is 2.21. The van der Waals surface area contributed by atoms with Gasteiger partial charge in [-0.05, 0) is 12.1 Å². The zero-order valence-corrected chi connectivity index (χ0v) is 10.1. The van der Waals surface area contributed by atoms with Gasteiger partial charge in [-0.25, -0.2) is 4.39 Å². The lowest BCUT2D eigenvalue weighted by Crippen LogP contribution is -2.21. The van der Waals surface area contributed by atoms with Crippen LogP contribution in [0.15, 0.2) is 18.2 Å². The van der Waals surface area contributed by atoms with Gasteiger partial charge in [-0.15, -0.1) is 0 Å². The first-order valence-corrected chi connectivity index (χ1v) is 5.38. The number of nitrogens with one attached hydrogen (secondary N) is 1. The normalized spacial score (nSPS) is 9.76. The van der Waals surface area contributed by atoms with Crippen LogP contribution >= 0.6 is 12.2 Å². The van der Waals surface area contributed by atoms with Crippen LogP contribution in [0.25, 0.3) is 0 Å². The molecule has 0 aromatic heterocycles. The summed E-state index contributed by atoms with van der Waals surface area (Å²) < 4.78 is 18.7. The van der Waals surface area contributed by atoms with Crippen LogP contribution in [0.4, 0.5) is 4.39 Å². The second kappa shape index (κ2) is 6.15. The maximum atomic E-state index is 13.4. The predicted molar refractivity (Wildman–Crippen MR) is 66.5 cm³/mol. The van der Waals surface area contributed by atoms with Crippen molar-refractivity contribution in [2.75, 3.05) is 13.7 Å². The Morgan fingerprint density at radius 3 is 2.88 bits per heavy atom. The van der Waals surface area contributed by atoms with Crippen LogP contribution in [-0.2, 0) is 4.79 Å². The summed E-state index contributed by atoms with van der Waals surface area (Å²) in [7, 11) is 1.53. The van der Waals surface area contributed by atoms with E-state index in [-0.39, 0.29) is 35.2 Å². The third kappa shape index (κ3) is 3.67. The Hall–Kier alpha value is -1.69. The number of hydrogen-bond acceptors (Lipinski definition) is 3. The number of amides is 1. The van der Waals surface area contributed by atoms with Gasteiger partial charge in [-0.2, -0.15) is 0 Å². The lowest BCUT2D eigenvalue weighted by atomic mass is 10.2. The number of hydrogen-bond donors (Lipinski definition) is 2. The molecule has 0 aliphatic rings. The molecule has 1 aromatic rings. The first-order chi connectivity index (χ1) is 8.06. The van der Waals surface area contributed by atoms with E-state index in [4.69, 9.17) is 22.7 Å². The molecule has 4 nitrogen and oxygen atoms in total. The number of nitrogens with two attached hydrogens (primary N) is 1. The van der Waals surface area contributed by atoms with Crippen molar-refractivity contribution in [2.24, 2.45) is 5.73 Å². The average molecular weight is 256 g/mol. The largest absolute Gasteiger partial charge is 0.492 e. The van der Waals surface area contributed by atoms with Crippen LogP contribution in [0.1, 0.15) is 12.0 Å². The molecule has 17 heavy (non-hydrogen) atoms. The van der Waals surface area contributed by atoms with Crippen LogP contribution < -0.4 is 15.8 Å². The molecule has 1 aromatic carbocycles. The van der Waals surface area contributed by atoms with E-state index in [2.05, 4.69) is 5.32 Å². The van der Waals surface area contributed by atoms with Crippen molar-refractivity contribution in [3.63, 3.8) is 0 Å². The first kappa shape index (κ1) is 13.4. The standard InChI is InChI=1S/C11H13FN2O2S/c1-14-9(15)5-6-16-8-4-2-3-7(12)10(8)11(13)17/h2-4H,5-6H2,1H3,(H2,13,17)(H,14,15). The Kier molecular flexibility index (Phi) is 4.84. The SMILES string of the molecule is CNC(=O)CCOc1cccc(F)c1C(N)=S. The van der Waals surface area contributed by atoms with Gasteiger partial charge < -0.3 is 15.8 Å². The highest BCUT2D eigenvalue weighted by molar-refractivity contribution is 7.80. The van der Waals surface area contributed by atoms with Gasteiger partial charge >= 0.3 is 0 Å². The van der Waals surface area contributed by atoms with Gasteiger partial charge in [0, 0.05) is 7.05 Å². The van der Waals surface area contributed by atoms with E-state index in [1.165, 1.54) is 19.2 Å². The molecule has 0 heterocycles. The summed E-state index contributed by atoms with van der Waals surface area (Å²) in [6.45, 7) is 0.138. The van der Waals surface area contributed by atoms with Crippen LogP contribution in [0.3, 0.4) is 0 Å². The van der Waals surface area contributed by atoms with Crippen molar-refractivity contribution >= 4 is 23.1 Å². The molecule has 0 atom stereocenters. The number of thiocarbonyl (C=S) groups is 1. The maximum absolute atomic E-state index is 13.4. The van der Waals surface area contributed by atoms with Gasteiger partial charge in [0.05, 0.1) is 18.6 Å². The van der Waals surface area contributed by atoms with E-state index < -0.39 is 5.82 Å². The van der Waals surface area contributed by atoms with Crippen molar-refractivity contribution in [1.82, 2.24) is 5.32 Å². The smallest absolute Gasteiger partial charge is 0.223 e. The topological polar surface area (TPSA) is 64.3 Å². The van der Waals surface area contributed by atoms with Crippen molar-refractivity contribution in [3.05, 3.63) is 29.6 Å². The van der Waals surface area contributed by atoms with Crippen molar-refractivity contribution in [2.45, 2.75) is 6.42 Å². The third-order valence-corrected chi connectivity index (χ3v) is 2.29. The minimum atomic E-state index is -0.532. The van der Waals surface area contributed by atoms with Gasteiger partial charge in [0.25, 0.3) is 0 Å². The first-order valence-electron chi connectivity index (χ1n) is 4.98. The highest BCUT2D eigenvalue weighted by atomic mass is 32.1. The molecule has 0 aliphatic heterocycles. The molecule has 0 unspecified atom stereocenters. The van der Waals surface area contributed by atoms with Crippen molar-refractivity contribution in [3.8, 4) is 5.75 Å². The van der Waals surface area contributed by atoms with Gasteiger partial charge in [0.2, 0.25) is 5.91 Å². The van der Waals surface area contributed by atoms with Gasteiger partial charge in [0.15, 0.2) is 0 Å². The summed E-state index contributed by atoms with van der Waals surface area (Å²) >= 11 is 4.74. The van der Waals surface area contributed by atoms with Gasteiger partial charge in [-0.1, -0.05) is 18.3 Å². The van der Waals surface area contributed by atoms with E-state index in [0.29, 0.717) is 0 Å². The van der Waals surface area contributed by atoms with E-state index in [0.717, 1.165) is 0 Å². The molecular formula is C11H13FN2O2S. The molecule has 92 valence electrons. The minimum Gasteiger partial charge on any atom is -0.492 e.